The summed E-state index contributed by atoms with van der Waals surface area (Å²) in [5, 5.41) is 5.68. The number of ether oxygens (including phenoxy) is 1. The van der Waals surface area contributed by atoms with Crippen LogP contribution in [0.25, 0.3) is 0 Å². The van der Waals surface area contributed by atoms with E-state index < -0.39 is 5.97 Å². The number of amides is 2. The van der Waals surface area contributed by atoms with Crippen molar-refractivity contribution in [3.63, 3.8) is 0 Å². The lowest BCUT2D eigenvalue weighted by molar-refractivity contribution is 0.0600. The van der Waals surface area contributed by atoms with Crippen molar-refractivity contribution in [1.29, 1.82) is 0 Å². The van der Waals surface area contributed by atoms with Gasteiger partial charge in [0, 0.05) is 37.7 Å². The van der Waals surface area contributed by atoms with Crippen LogP contribution in [0.2, 0.25) is 0 Å². The first-order valence-electron chi connectivity index (χ1n) is 8.91. The number of nitrogens with one attached hydrogen (secondary N) is 2. The molecule has 0 unspecified atom stereocenters. The number of hydrogen-bond donors (Lipinski definition) is 2. The molecule has 0 radical (unpaired) electrons. The van der Waals surface area contributed by atoms with Crippen LogP contribution in [-0.4, -0.2) is 48.7 Å². The fourth-order valence-electron chi connectivity index (χ4n) is 3.09. The summed E-state index contributed by atoms with van der Waals surface area (Å²) >= 11 is 0. The Bertz CT molecular complexity index is 767. The molecule has 1 aliphatic rings. The lowest BCUT2D eigenvalue weighted by Gasteiger charge is -2.32. The second kappa shape index (κ2) is 8.98. The molecule has 2 heterocycles. The number of anilines is 2. The second-order valence-electron chi connectivity index (χ2n) is 6.41. The van der Waals surface area contributed by atoms with Crippen molar-refractivity contribution in [2.45, 2.75) is 12.8 Å². The topological polar surface area (TPSA) is 96.4 Å². The molecule has 1 saturated heterocycles. The van der Waals surface area contributed by atoms with Gasteiger partial charge in [0.15, 0.2) is 0 Å². The van der Waals surface area contributed by atoms with Crippen LogP contribution in [-0.2, 0) is 4.74 Å². The van der Waals surface area contributed by atoms with Gasteiger partial charge < -0.3 is 20.3 Å². The third-order valence-electron chi connectivity index (χ3n) is 4.47. The van der Waals surface area contributed by atoms with Crippen LogP contribution in [0.15, 0.2) is 42.7 Å². The molecule has 1 aliphatic heterocycles. The number of carbonyl (C=O) groups is 2. The molecule has 2 N–H and O–H groups in total. The van der Waals surface area contributed by atoms with Crippen LogP contribution >= 0.6 is 0 Å². The molecule has 142 valence electrons. The predicted octanol–water partition coefficient (Wildman–Crippen LogP) is 2.30. The summed E-state index contributed by atoms with van der Waals surface area (Å²) in [5.41, 5.74) is 1.05. The molecule has 8 heteroatoms. The molecule has 1 fully saturated rings. The fourth-order valence-corrected chi connectivity index (χ4v) is 3.09. The van der Waals surface area contributed by atoms with Gasteiger partial charge in [0.2, 0.25) is 5.95 Å². The Morgan fingerprint density at radius 1 is 1.22 bits per heavy atom. The first-order chi connectivity index (χ1) is 13.2. The average molecular weight is 369 g/mol. The first kappa shape index (κ1) is 18.6. The highest BCUT2D eigenvalue weighted by Gasteiger charge is 2.22. The molecular weight excluding hydrogens is 346 g/mol. The standard InChI is InChI=1S/C19H23N5O3/c1-27-17(25)15-5-7-16(8-6-15)23-19(26)22-12-14-4-2-11-24(13-14)18-20-9-3-10-21-18/h3,5-10,14H,2,4,11-13H2,1H3,(H2,22,23,26)/t14-/m0/s1. The summed E-state index contributed by atoms with van der Waals surface area (Å²) in [5.74, 6) is 0.669. The van der Waals surface area contributed by atoms with E-state index >= 15 is 0 Å². The number of carbonyl (C=O) groups excluding carboxylic acids is 2. The number of rotatable bonds is 5. The van der Waals surface area contributed by atoms with Crippen molar-refractivity contribution >= 4 is 23.6 Å². The number of esters is 1. The molecule has 1 atom stereocenters. The molecule has 1 aromatic heterocycles. The number of benzene rings is 1. The van der Waals surface area contributed by atoms with E-state index in [-0.39, 0.29) is 6.03 Å². The molecule has 0 bridgehead atoms. The van der Waals surface area contributed by atoms with E-state index in [1.165, 1.54) is 7.11 Å². The van der Waals surface area contributed by atoms with Gasteiger partial charge in [0.05, 0.1) is 12.7 Å². The monoisotopic (exact) mass is 369 g/mol. The lowest BCUT2D eigenvalue weighted by Crippen LogP contribution is -2.42. The van der Waals surface area contributed by atoms with Gasteiger partial charge >= 0.3 is 12.0 Å². The van der Waals surface area contributed by atoms with Crippen molar-refractivity contribution in [2.75, 3.05) is 37.0 Å². The normalized spacial score (nSPS) is 16.5. The molecule has 2 aromatic rings. The van der Waals surface area contributed by atoms with Crippen molar-refractivity contribution < 1.29 is 14.3 Å². The minimum atomic E-state index is -0.407. The number of aromatic nitrogens is 2. The zero-order valence-electron chi connectivity index (χ0n) is 15.2. The molecule has 27 heavy (non-hydrogen) atoms. The van der Waals surface area contributed by atoms with E-state index in [1.54, 1.807) is 42.7 Å². The van der Waals surface area contributed by atoms with E-state index in [4.69, 9.17) is 0 Å². The summed E-state index contributed by atoms with van der Waals surface area (Å²) in [6.45, 7) is 2.33. The Labute approximate surface area is 158 Å². The maximum Gasteiger partial charge on any atom is 0.337 e. The number of methoxy groups -OCH3 is 1. The molecule has 0 saturated carbocycles. The quantitative estimate of drug-likeness (QED) is 0.785. The van der Waals surface area contributed by atoms with Gasteiger partial charge in [-0.3, -0.25) is 0 Å². The molecule has 1 aromatic carbocycles. The average Bonchev–Trinajstić information content (AvgIpc) is 2.73. The Morgan fingerprint density at radius 2 is 1.96 bits per heavy atom. The zero-order chi connectivity index (χ0) is 19.1. The number of piperidine rings is 1. The smallest absolute Gasteiger partial charge is 0.337 e. The Balaban J connectivity index is 1.46. The van der Waals surface area contributed by atoms with Gasteiger partial charge in [-0.05, 0) is 49.1 Å². The molecule has 8 nitrogen and oxygen atoms in total. The Hall–Kier alpha value is -3.16. The van der Waals surface area contributed by atoms with Crippen LogP contribution in [0.1, 0.15) is 23.2 Å². The minimum Gasteiger partial charge on any atom is -0.465 e. The minimum absolute atomic E-state index is 0.270. The Morgan fingerprint density at radius 3 is 2.67 bits per heavy atom. The highest BCUT2D eigenvalue weighted by atomic mass is 16.5. The van der Waals surface area contributed by atoms with Crippen LogP contribution in [0.5, 0.6) is 0 Å². The summed E-state index contributed by atoms with van der Waals surface area (Å²) in [6, 6.07) is 8.09. The van der Waals surface area contributed by atoms with Gasteiger partial charge in [-0.2, -0.15) is 0 Å². The van der Waals surface area contributed by atoms with Crippen LogP contribution in [0.4, 0.5) is 16.4 Å². The van der Waals surface area contributed by atoms with Gasteiger partial charge in [0.1, 0.15) is 0 Å². The highest BCUT2D eigenvalue weighted by Crippen LogP contribution is 2.19. The van der Waals surface area contributed by atoms with E-state index in [2.05, 4.69) is 30.2 Å². The van der Waals surface area contributed by atoms with Crippen molar-refractivity contribution in [3.05, 3.63) is 48.3 Å². The SMILES string of the molecule is COC(=O)c1ccc(NC(=O)NC[C@@H]2CCCN(c3ncccn3)C2)cc1. The van der Waals surface area contributed by atoms with E-state index in [0.29, 0.717) is 23.7 Å². The highest BCUT2D eigenvalue weighted by molar-refractivity contribution is 5.92. The van der Waals surface area contributed by atoms with Gasteiger partial charge in [-0.15, -0.1) is 0 Å². The fraction of sp³-hybridized carbons (Fsp3) is 0.368. The molecular formula is C19H23N5O3. The van der Waals surface area contributed by atoms with E-state index in [1.807, 2.05) is 0 Å². The van der Waals surface area contributed by atoms with Gasteiger partial charge in [-0.25, -0.2) is 19.6 Å². The summed E-state index contributed by atoms with van der Waals surface area (Å²) in [7, 11) is 1.33. The van der Waals surface area contributed by atoms with E-state index in [9.17, 15) is 9.59 Å². The van der Waals surface area contributed by atoms with Crippen LogP contribution < -0.4 is 15.5 Å². The van der Waals surface area contributed by atoms with E-state index in [0.717, 1.165) is 31.9 Å². The summed E-state index contributed by atoms with van der Waals surface area (Å²) in [6.07, 6.45) is 5.57. The van der Waals surface area contributed by atoms with Gasteiger partial charge in [0.25, 0.3) is 0 Å². The zero-order valence-corrected chi connectivity index (χ0v) is 15.2. The summed E-state index contributed by atoms with van der Waals surface area (Å²) in [4.78, 5) is 34.3. The largest absolute Gasteiger partial charge is 0.465 e. The predicted molar refractivity (Wildman–Crippen MR) is 102 cm³/mol. The van der Waals surface area contributed by atoms with Crippen molar-refractivity contribution in [3.8, 4) is 0 Å². The Kier molecular flexibility index (Phi) is 6.19. The molecule has 2 amide bonds. The molecule has 0 spiro atoms. The maximum atomic E-state index is 12.1. The van der Waals surface area contributed by atoms with Gasteiger partial charge in [-0.1, -0.05) is 0 Å². The third kappa shape index (κ3) is 5.16. The first-order valence-corrected chi connectivity index (χ1v) is 8.91. The van der Waals surface area contributed by atoms with Crippen LogP contribution in [0.3, 0.4) is 0 Å². The number of hydrogen-bond acceptors (Lipinski definition) is 6. The van der Waals surface area contributed by atoms with Crippen molar-refractivity contribution in [2.24, 2.45) is 5.92 Å². The number of urea groups is 1. The molecule has 0 aliphatic carbocycles. The number of nitrogens with zero attached hydrogens (tertiary/aromatic N) is 3. The lowest BCUT2D eigenvalue weighted by atomic mass is 9.98. The second-order valence-corrected chi connectivity index (χ2v) is 6.41. The maximum absolute atomic E-state index is 12.1. The van der Waals surface area contributed by atoms with Crippen LogP contribution in [0, 0.1) is 5.92 Å². The molecule has 3 rings (SSSR count). The summed E-state index contributed by atoms with van der Waals surface area (Å²) < 4.78 is 4.65. The third-order valence-corrected chi connectivity index (χ3v) is 4.47. The van der Waals surface area contributed by atoms with Crippen molar-refractivity contribution in [1.82, 2.24) is 15.3 Å².